The van der Waals surface area contributed by atoms with Gasteiger partial charge in [0.1, 0.15) is 19.0 Å². The standard InChI is InChI=1S/C13H12I2O5/c1-7(2)13(18)20-4-3-19-11-9(14)5-8(12(16)17)6-10(11)15/h5-6H,1,3-4H2,2H3,(H,16,17). The summed E-state index contributed by atoms with van der Waals surface area (Å²) in [5, 5.41) is 8.94. The molecule has 0 radical (unpaired) electrons. The number of benzene rings is 1. The summed E-state index contributed by atoms with van der Waals surface area (Å²) >= 11 is 4.01. The second kappa shape index (κ2) is 7.81. The van der Waals surface area contributed by atoms with Crippen molar-refractivity contribution in [1.29, 1.82) is 0 Å². The van der Waals surface area contributed by atoms with Crippen LogP contribution in [0.15, 0.2) is 24.3 Å². The zero-order chi connectivity index (χ0) is 15.3. The fourth-order valence-corrected chi connectivity index (χ4v) is 3.30. The van der Waals surface area contributed by atoms with Crippen molar-refractivity contribution in [2.75, 3.05) is 13.2 Å². The van der Waals surface area contributed by atoms with Crippen LogP contribution in [-0.4, -0.2) is 30.3 Å². The molecule has 0 unspecified atom stereocenters. The topological polar surface area (TPSA) is 72.8 Å². The van der Waals surface area contributed by atoms with Gasteiger partial charge in [0.05, 0.1) is 12.7 Å². The van der Waals surface area contributed by atoms with Crippen molar-refractivity contribution in [2.45, 2.75) is 6.92 Å². The third-order valence-corrected chi connectivity index (χ3v) is 3.76. The average molecular weight is 502 g/mol. The van der Waals surface area contributed by atoms with Crippen LogP contribution < -0.4 is 4.74 Å². The molecule has 0 aliphatic heterocycles. The van der Waals surface area contributed by atoms with Crippen LogP contribution in [-0.2, 0) is 9.53 Å². The Morgan fingerprint density at radius 2 is 1.80 bits per heavy atom. The van der Waals surface area contributed by atoms with Crippen molar-refractivity contribution in [3.8, 4) is 5.75 Å². The van der Waals surface area contributed by atoms with E-state index in [-0.39, 0.29) is 18.8 Å². The Morgan fingerprint density at radius 1 is 1.25 bits per heavy atom. The van der Waals surface area contributed by atoms with Gasteiger partial charge in [-0.25, -0.2) is 9.59 Å². The summed E-state index contributed by atoms with van der Waals surface area (Å²) in [4.78, 5) is 22.1. The van der Waals surface area contributed by atoms with Gasteiger partial charge >= 0.3 is 11.9 Å². The summed E-state index contributed by atoms with van der Waals surface area (Å²) in [7, 11) is 0. The van der Waals surface area contributed by atoms with Gasteiger partial charge < -0.3 is 14.6 Å². The fourth-order valence-electron chi connectivity index (χ4n) is 1.22. The number of carbonyl (C=O) groups excluding carboxylic acids is 1. The number of halogens is 2. The van der Waals surface area contributed by atoms with Crippen LogP contribution in [0.3, 0.4) is 0 Å². The van der Waals surface area contributed by atoms with E-state index in [1.54, 1.807) is 6.92 Å². The minimum Gasteiger partial charge on any atom is -0.488 e. The number of aromatic carboxylic acids is 1. The lowest BCUT2D eigenvalue weighted by Crippen LogP contribution is -2.13. The van der Waals surface area contributed by atoms with Gasteiger partial charge in [0.2, 0.25) is 0 Å². The summed E-state index contributed by atoms with van der Waals surface area (Å²) < 4.78 is 11.8. The van der Waals surface area contributed by atoms with Crippen LogP contribution in [0.25, 0.3) is 0 Å². The molecular weight excluding hydrogens is 490 g/mol. The van der Waals surface area contributed by atoms with Crippen LogP contribution in [0.2, 0.25) is 0 Å². The second-order valence-corrected chi connectivity index (χ2v) is 6.16. The maximum absolute atomic E-state index is 11.2. The Morgan fingerprint density at radius 3 is 2.25 bits per heavy atom. The first-order valence-corrected chi connectivity index (χ1v) is 7.66. The van der Waals surface area contributed by atoms with E-state index in [0.717, 1.165) is 0 Å². The maximum Gasteiger partial charge on any atom is 0.335 e. The highest BCUT2D eigenvalue weighted by Gasteiger charge is 2.13. The van der Waals surface area contributed by atoms with Gasteiger partial charge in [-0.15, -0.1) is 0 Å². The Hall–Kier alpha value is -0.840. The third-order valence-electron chi connectivity index (χ3n) is 2.16. The minimum atomic E-state index is -0.984. The summed E-state index contributed by atoms with van der Waals surface area (Å²) in [6.07, 6.45) is 0. The van der Waals surface area contributed by atoms with Crippen molar-refractivity contribution in [3.63, 3.8) is 0 Å². The molecule has 0 saturated carbocycles. The van der Waals surface area contributed by atoms with Gasteiger partial charge in [-0.05, 0) is 64.2 Å². The summed E-state index contributed by atoms with van der Waals surface area (Å²) in [6, 6.07) is 3.06. The third kappa shape index (κ3) is 4.93. The lowest BCUT2D eigenvalue weighted by Gasteiger charge is -2.11. The molecule has 108 valence electrons. The molecule has 1 aromatic rings. The molecule has 0 saturated heterocycles. The number of carboxylic acids is 1. The zero-order valence-corrected chi connectivity index (χ0v) is 14.9. The van der Waals surface area contributed by atoms with Gasteiger partial charge in [-0.3, -0.25) is 0 Å². The Kier molecular flexibility index (Phi) is 6.72. The molecule has 0 aliphatic carbocycles. The van der Waals surface area contributed by atoms with Crippen LogP contribution in [0, 0.1) is 7.14 Å². The summed E-state index contributed by atoms with van der Waals surface area (Å²) in [5.74, 6) is -0.857. The van der Waals surface area contributed by atoms with E-state index < -0.39 is 11.9 Å². The Bertz CT molecular complexity index is 531. The van der Waals surface area contributed by atoms with Crippen molar-refractivity contribution < 1.29 is 24.2 Å². The molecule has 1 rings (SSSR count). The molecular formula is C13H12I2O5. The molecule has 0 heterocycles. The van der Waals surface area contributed by atoms with Crippen LogP contribution in [0.5, 0.6) is 5.75 Å². The SMILES string of the molecule is C=C(C)C(=O)OCCOc1c(I)cc(C(=O)O)cc1I. The lowest BCUT2D eigenvalue weighted by molar-refractivity contribution is -0.139. The Balaban J connectivity index is 2.63. The van der Waals surface area contributed by atoms with Crippen molar-refractivity contribution in [3.05, 3.63) is 37.0 Å². The van der Waals surface area contributed by atoms with Crippen molar-refractivity contribution >= 4 is 57.1 Å². The molecule has 5 nitrogen and oxygen atoms in total. The van der Waals surface area contributed by atoms with Gasteiger partial charge in [0.15, 0.2) is 0 Å². The molecule has 0 bridgehead atoms. The minimum absolute atomic E-state index is 0.110. The molecule has 0 aromatic heterocycles. The van der Waals surface area contributed by atoms with Crippen LogP contribution in [0.1, 0.15) is 17.3 Å². The highest BCUT2D eigenvalue weighted by atomic mass is 127. The van der Waals surface area contributed by atoms with E-state index in [2.05, 4.69) is 6.58 Å². The van der Waals surface area contributed by atoms with Gasteiger partial charge in [0.25, 0.3) is 0 Å². The zero-order valence-electron chi connectivity index (χ0n) is 10.6. The fraction of sp³-hybridized carbons (Fsp3) is 0.231. The van der Waals surface area contributed by atoms with E-state index in [1.807, 2.05) is 45.2 Å². The molecule has 0 atom stereocenters. The largest absolute Gasteiger partial charge is 0.488 e. The lowest BCUT2D eigenvalue weighted by atomic mass is 10.2. The van der Waals surface area contributed by atoms with Gasteiger partial charge in [-0.2, -0.15) is 0 Å². The number of esters is 1. The Labute approximate surface area is 143 Å². The molecule has 20 heavy (non-hydrogen) atoms. The first kappa shape index (κ1) is 17.2. The molecule has 0 fully saturated rings. The summed E-state index contributed by atoms with van der Waals surface area (Å²) in [6.45, 7) is 5.34. The number of carbonyl (C=O) groups is 2. The normalized spacial score (nSPS) is 9.95. The van der Waals surface area contributed by atoms with E-state index in [9.17, 15) is 9.59 Å². The predicted octanol–water partition coefficient (Wildman–Crippen LogP) is 3.09. The number of rotatable bonds is 6. The molecule has 0 spiro atoms. The van der Waals surface area contributed by atoms with Crippen molar-refractivity contribution in [2.24, 2.45) is 0 Å². The average Bonchev–Trinajstić information content (AvgIpc) is 2.36. The number of hydrogen-bond acceptors (Lipinski definition) is 4. The van der Waals surface area contributed by atoms with E-state index in [0.29, 0.717) is 18.5 Å². The van der Waals surface area contributed by atoms with Crippen LogP contribution in [0.4, 0.5) is 0 Å². The highest BCUT2D eigenvalue weighted by Crippen LogP contribution is 2.29. The molecule has 1 aromatic carbocycles. The quantitative estimate of drug-likeness (QED) is 0.281. The van der Waals surface area contributed by atoms with Gasteiger partial charge in [-0.1, -0.05) is 6.58 Å². The maximum atomic E-state index is 11.2. The number of hydrogen-bond donors (Lipinski definition) is 1. The second-order valence-electron chi connectivity index (χ2n) is 3.84. The first-order chi connectivity index (χ1) is 9.32. The van der Waals surface area contributed by atoms with E-state index in [1.165, 1.54) is 12.1 Å². The predicted molar refractivity (Wildman–Crippen MR) is 90.1 cm³/mol. The molecule has 1 N–H and O–H groups in total. The highest BCUT2D eigenvalue weighted by molar-refractivity contribution is 14.1. The van der Waals surface area contributed by atoms with Crippen LogP contribution >= 0.6 is 45.2 Å². The number of ether oxygens (including phenoxy) is 2. The monoisotopic (exact) mass is 502 g/mol. The van der Waals surface area contributed by atoms with E-state index >= 15 is 0 Å². The van der Waals surface area contributed by atoms with Crippen molar-refractivity contribution in [1.82, 2.24) is 0 Å². The molecule has 7 heteroatoms. The molecule has 0 amide bonds. The first-order valence-electron chi connectivity index (χ1n) is 5.50. The molecule has 0 aliphatic rings. The van der Waals surface area contributed by atoms with Gasteiger partial charge in [0, 0.05) is 5.57 Å². The number of carboxylic acid groups (broad SMARTS) is 1. The smallest absolute Gasteiger partial charge is 0.335 e. The summed E-state index contributed by atoms with van der Waals surface area (Å²) in [5.41, 5.74) is 0.542. The van der Waals surface area contributed by atoms with E-state index in [4.69, 9.17) is 14.6 Å².